The third-order valence-corrected chi connectivity index (χ3v) is 6.94. The van der Waals surface area contributed by atoms with Crippen molar-refractivity contribution in [2.75, 3.05) is 27.2 Å². The predicted molar refractivity (Wildman–Crippen MR) is 115 cm³/mol. The number of thiocarbonyl (C=S) groups is 1. The zero-order chi connectivity index (χ0) is 19.8. The van der Waals surface area contributed by atoms with Crippen molar-refractivity contribution >= 4 is 23.2 Å². The maximum atomic E-state index is 13.3. The number of nitrogens with zero attached hydrogens (tertiary/aromatic N) is 1. The summed E-state index contributed by atoms with van der Waals surface area (Å²) in [7, 11) is 4.07. The van der Waals surface area contributed by atoms with E-state index in [2.05, 4.69) is 41.6 Å². The predicted octanol–water partition coefficient (Wildman–Crippen LogP) is 2.51. The molecule has 0 unspecified atom stereocenters. The van der Waals surface area contributed by atoms with Gasteiger partial charge in [0.15, 0.2) is 5.11 Å². The lowest BCUT2D eigenvalue weighted by Gasteiger charge is -2.57. The van der Waals surface area contributed by atoms with Gasteiger partial charge in [-0.1, -0.05) is 20.8 Å². The molecule has 4 rings (SSSR count). The van der Waals surface area contributed by atoms with Crippen LogP contribution in [0.1, 0.15) is 59.3 Å². The Balaban J connectivity index is 1.61. The van der Waals surface area contributed by atoms with E-state index < -0.39 is 0 Å². The Bertz CT molecular complexity index is 534. The molecule has 1 amide bonds. The summed E-state index contributed by atoms with van der Waals surface area (Å²) in [5.74, 6) is 2.59. The van der Waals surface area contributed by atoms with Gasteiger partial charge in [0.05, 0.1) is 0 Å². The SMILES string of the molecule is CN(C)CCNC(=S)N[C@H](C(=O)NC12CC3CC(CC(C3)C1)C2)C(C)(C)C. The standard InChI is InChI=1S/C21H38N4OS/c1-20(2,3)17(23-19(27)22-6-7-25(4)5)18(26)24-21-11-14-8-15(12-21)10-16(9-14)13-21/h14-17H,6-13H2,1-5H3,(H,24,26)(H2,22,23,27)/t14?,15?,16?,17-,21?/m1/s1. The van der Waals surface area contributed by atoms with Crippen molar-refractivity contribution in [3.05, 3.63) is 0 Å². The van der Waals surface area contributed by atoms with E-state index in [1.54, 1.807) is 0 Å². The van der Waals surface area contributed by atoms with Crippen LogP contribution < -0.4 is 16.0 Å². The van der Waals surface area contributed by atoms with Crippen molar-refractivity contribution in [2.45, 2.75) is 70.9 Å². The Kier molecular flexibility index (Phi) is 6.07. The molecule has 4 aliphatic rings. The smallest absolute Gasteiger partial charge is 0.243 e. The molecule has 0 aromatic rings. The minimum atomic E-state index is -0.329. The Morgan fingerprint density at radius 3 is 2.07 bits per heavy atom. The first-order valence-electron chi connectivity index (χ1n) is 10.6. The van der Waals surface area contributed by atoms with Gasteiger partial charge in [0.1, 0.15) is 6.04 Å². The number of likely N-dealkylation sites (N-methyl/N-ethyl adjacent to an activating group) is 1. The highest BCUT2D eigenvalue weighted by Gasteiger charge is 2.52. The fourth-order valence-corrected chi connectivity index (χ4v) is 6.07. The third kappa shape index (κ3) is 5.14. The molecule has 4 fully saturated rings. The van der Waals surface area contributed by atoms with Crippen LogP contribution in [0.3, 0.4) is 0 Å². The van der Waals surface area contributed by atoms with Gasteiger partial charge >= 0.3 is 0 Å². The molecule has 154 valence electrons. The molecule has 0 radical (unpaired) electrons. The van der Waals surface area contributed by atoms with Gasteiger partial charge in [-0.25, -0.2) is 0 Å². The fourth-order valence-electron chi connectivity index (χ4n) is 5.85. The van der Waals surface area contributed by atoms with E-state index in [-0.39, 0.29) is 22.9 Å². The first-order valence-corrected chi connectivity index (χ1v) is 11.0. The number of hydrogen-bond acceptors (Lipinski definition) is 3. The summed E-state index contributed by atoms with van der Waals surface area (Å²) in [4.78, 5) is 15.4. The zero-order valence-corrected chi connectivity index (χ0v) is 18.5. The van der Waals surface area contributed by atoms with Gasteiger partial charge in [-0.15, -0.1) is 0 Å². The average molecular weight is 395 g/mol. The summed E-state index contributed by atoms with van der Waals surface area (Å²) in [6.45, 7) is 7.98. The van der Waals surface area contributed by atoms with Gasteiger partial charge in [0, 0.05) is 18.6 Å². The molecule has 4 aliphatic carbocycles. The quantitative estimate of drug-likeness (QED) is 0.605. The minimum Gasteiger partial charge on any atom is -0.361 e. The summed E-state index contributed by atoms with van der Waals surface area (Å²) in [5, 5.41) is 10.6. The highest BCUT2D eigenvalue weighted by molar-refractivity contribution is 7.80. The van der Waals surface area contributed by atoms with Gasteiger partial charge in [-0.05, 0) is 88.0 Å². The number of nitrogens with one attached hydrogen (secondary N) is 3. The fraction of sp³-hybridized carbons (Fsp3) is 0.905. The average Bonchev–Trinajstić information content (AvgIpc) is 2.49. The van der Waals surface area contributed by atoms with Crippen molar-refractivity contribution in [3.63, 3.8) is 0 Å². The van der Waals surface area contributed by atoms with Crippen LogP contribution in [0.15, 0.2) is 0 Å². The van der Waals surface area contributed by atoms with E-state index in [1.807, 2.05) is 14.1 Å². The van der Waals surface area contributed by atoms with Crippen molar-refractivity contribution < 1.29 is 4.79 Å². The minimum absolute atomic E-state index is 0.0387. The van der Waals surface area contributed by atoms with Crippen molar-refractivity contribution in [1.29, 1.82) is 0 Å². The molecule has 3 N–H and O–H groups in total. The molecular weight excluding hydrogens is 356 g/mol. The number of amides is 1. The molecule has 0 saturated heterocycles. The van der Waals surface area contributed by atoms with Gasteiger partial charge < -0.3 is 20.9 Å². The molecule has 6 heteroatoms. The Morgan fingerprint density at radius 1 is 1.11 bits per heavy atom. The molecule has 4 bridgehead atoms. The lowest BCUT2D eigenvalue weighted by atomic mass is 9.53. The van der Waals surface area contributed by atoms with Gasteiger partial charge in [0.2, 0.25) is 5.91 Å². The second-order valence-electron chi connectivity index (χ2n) is 10.7. The monoisotopic (exact) mass is 394 g/mol. The normalized spacial score (nSPS) is 33.0. The number of carbonyl (C=O) groups is 1. The molecule has 1 atom stereocenters. The topological polar surface area (TPSA) is 56.4 Å². The van der Waals surface area contributed by atoms with Crippen LogP contribution in [0.25, 0.3) is 0 Å². The molecule has 4 saturated carbocycles. The van der Waals surface area contributed by atoms with Crippen LogP contribution in [-0.2, 0) is 4.79 Å². The van der Waals surface area contributed by atoms with E-state index in [4.69, 9.17) is 12.2 Å². The van der Waals surface area contributed by atoms with E-state index in [9.17, 15) is 4.79 Å². The first-order chi connectivity index (χ1) is 12.6. The van der Waals surface area contributed by atoms with Crippen molar-refractivity contribution in [2.24, 2.45) is 23.2 Å². The second-order valence-corrected chi connectivity index (χ2v) is 11.1. The van der Waals surface area contributed by atoms with Crippen LogP contribution in [0, 0.1) is 23.2 Å². The van der Waals surface area contributed by atoms with Gasteiger partial charge in [0.25, 0.3) is 0 Å². The third-order valence-electron chi connectivity index (χ3n) is 6.67. The first kappa shape index (κ1) is 20.8. The number of rotatable bonds is 6. The molecule has 0 heterocycles. The maximum Gasteiger partial charge on any atom is 0.243 e. The molecule has 27 heavy (non-hydrogen) atoms. The number of hydrogen-bond donors (Lipinski definition) is 3. The maximum absolute atomic E-state index is 13.3. The lowest BCUT2D eigenvalue weighted by molar-refractivity contribution is -0.130. The summed E-state index contributed by atoms with van der Waals surface area (Å²) in [6, 6.07) is -0.329. The second kappa shape index (κ2) is 7.86. The van der Waals surface area contributed by atoms with Gasteiger partial charge in [-0.2, -0.15) is 0 Å². The highest BCUT2D eigenvalue weighted by atomic mass is 32.1. The van der Waals surface area contributed by atoms with Gasteiger partial charge in [-0.3, -0.25) is 4.79 Å². The molecule has 0 spiro atoms. The van der Waals surface area contributed by atoms with Crippen LogP contribution in [0.4, 0.5) is 0 Å². The molecule has 0 aromatic carbocycles. The molecular formula is C21H38N4OS. The van der Waals surface area contributed by atoms with Crippen LogP contribution in [0.5, 0.6) is 0 Å². The Morgan fingerprint density at radius 2 is 1.63 bits per heavy atom. The lowest BCUT2D eigenvalue weighted by Crippen LogP contribution is -2.64. The summed E-state index contributed by atoms with van der Waals surface area (Å²) in [6.07, 6.45) is 7.68. The summed E-state index contributed by atoms with van der Waals surface area (Å²) < 4.78 is 0. The van der Waals surface area contributed by atoms with Crippen LogP contribution in [-0.4, -0.2) is 54.7 Å². The number of carbonyl (C=O) groups excluding carboxylic acids is 1. The summed E-state index contributed by atoms with van der Waals surface area (Å²) >= 11 is 5.47. The Labute approximate surface area is 170 Å². The van der Waals surface area contributed by atoms with E-state index >= 15 is 0 Å². The molecule has 0 aliphatic heterocycles. The van der Waals surface area contributed by atoms with E-state index in [0.29, 0.717) is 5.11 Å². The van der Waals surface area contributed by atoms with Crippen molar-refractivity contribution in [1.82, 2.24) is 20.9 Å². The largest absolute Gasteiger partial charge is 0.361 e. The highest BCUT2D eigenvalue weighted by Crippen LogP contribution is 2.55. The van der Waals surface area contributed by atoms with E-state index in [1.165, 1.54) is 38.5 Å². The molecule has 0 aromatic heterocycles. The van der Waals surface area contributed by atoms with Crippen LogP contribution >= 0.6 is 12.2 Å². The summed E-state index contributed by atoms with van der Waals surface area (Å²) in [5.41, 5.74) is -0.170. The van der Waals surface area contributed by atoms with Crippen molar-refractivity contribution in [3.8, 4) is 0 Å². The molecule has 5 nitrogen and oxygen atoms in total. The van der Waals surface area contributed by atoms with Crippen LogP contribution in [0.2, 0.25) is 0 Å². The van der Waals surface area contributed by atoms with E-state index in [0.717, 1.165) is 30.8 Å². The Hall–Kier alpha value is -0.880. The zero-order valence-electron chi connectivity index (χ0n) is 17.7.